The predicted octanol–water partition coefficient (Wildman–Crippen LogP) is 3.59. The minimum atomic E-state index is -4.28. The fourth-order valence-corrected chi connectivity index (χ4v) is 7.62. The Balaban J connectivity index is 1.68. The first kappa shape index (κ1) is 37.4. The summed E-state index contributed by atoms with van der Waals surface area (Å²) in [5.41, 5.74) is -0.661. The van der Waals surface area contributed by atoms with Crippen molar-refractivity contribution in [2.24, 2.45) is 11.8 Å². The number of ether oxygens (including phenoxy) is 6. The lowest BCUT2D eigenvalue weighted by Gasteiger charge is -2.30. The number of imidazole rings is 1. The standard InChI is InChI=1S/C30H47N6O11P/c1-10-42-26(37)19(12-16(3)4)34-48(40,35-20(13-17(5)6)27(38)43-11-2)44-14-21-23-30(8,47-29(39)46-23)28(45-21)36-15-31-22-24(36)32-18(7)33-25(22)41-9/h15-17,19-21,23,28H,10-14H2,1-9H3,(H2,34,35,40)/t19?,20?,21-,23+,28-,30?,48?/m1/s1. The zero-order valence-corrected chi connectivity index (χ0v) is 29.8. The number of carbonyl (C=O) groups is 3. The molecule has 0 spiro atoms. The quantitative estimate of drug-likeness (QED) is 0.138. The maximum absolute atomic E-state index is 14.7. The van der Waals surface area contributed by atoms with Gasteiger partial charge in [0.25, 0.3) is 0 Å². The minimum absolute atomic E-state index is 0.00243. The predicted molar refractivity (Wildman–Crippen MR) is 170 cm³/mol. The monoisotopic (exact) mass is 698 g/mol. The van der Waals surface area contributed by atoms with Crippen molar-refractivity contribution >= 4 is 36.9 Å². The minimum Gasteiger partial charge on any atom is -0.479 e. The van der Waals surface area contributed by atoms with E-state index in [4.69, 9.17) is 32.9 Å². The van der Waals surface area contributed by atoms with Crippen molar-refractivity contribution in [2.75, 3.05) is 26.9 Å². The second-order valence-electron chi connectivity index (χ2n) is 12.7. The Morgan fingerprint density at radius 2 is 1.62 bits per heavy atom. The molecule has 48 heavy (non-hydrogen) atoms. The zero-order valence-electron chi connectivity index (χ0n) is 28.9. The van der Waals surface area contributed by atoms with Crippen LogP contribution in [-0.4, -0.2) is 94.4 Å². The van der Waals surface area contributed by atoms with E-state index < -0.39 is 68.5 Å². The van der Waals surface area contributed by atoms with Crippen LogP contribution in [0.2, 0.25) is 0 Å². The van der Waals surface area contributed by atoms with E-state index in [1.54, 1.807) is 32.3 Å². The van der Waals surface area contributed by atoms with E-state index in [1.165, 1.54) is 13.4 Å². The number of hydrogen-bond donors (Lipinski definition) is 2. The van der Waals surface area contributed by atoms with Crippen LogP contribution in [0.1, 0.15) is 73.4 Å². The number of aromatic nitrogens is 4. The molecule has 0 amide bonds. The Labute approximate surface area is 279 Å². The van der Waals surface area contributed by atoms with Crippen molar-refractivity contribution in [2.45, 2.75) is 104 Å². The first-order valence-electron chi connectivity index (χ1n) is 16.1. The molecule has 4 rings (SSSR count). The molecule has 4 heterocycles. The molecular formula is C30H47N6O11P. The SMILES string of the molecule is CCOC(=O)C(CC(C)C)NP(=O)(NC(CC(C)C)C(=O)OCC)OC[C@H]1O[C@@H](n2cnc3c(OC)nc(C)nc32)C2(C)OC(=O)O[C@@H]12. The molecule has 3 unspecified atom stereocenters. The van der Waals surface area contributed by atoms with Crippen molar-refractivity contribution in [3.8, 4) is 5.88 Å². The smallest absolute Gasteiger partial charge is 0.479 e. The molecule has 2 fully saturated rings. The highest BCUT2D eigenvalue weighted by Gasteiger charge is 2.64. The van der Waals surface area contributed by atoms with Crippen LogP contribution in [-0.2, 0) is 42.4 Å². The summed E-state index contributed by atoms with van der Waals surface area (Å²) in [6, 6.07) is -2.09. The van der Waals surface area contributed by atoms with Gasteiger partial charge in [-0.15, -0.1) is 0 Å². The number of aryl methyl sites for hydroxylation is 1. The third-order valence-corrected chi connectivity index (χ3v) is 9.61. The van der Waals surface area contributed by atoms with E-state index in [1.807, 2.05) is 27.7 Å². The number of nitrogens with zero attached hydrogens (tertiary/aromatic N) is 4. The van der Waals surface area contributed by atoms with Gasteiger partial charge in [0.2, 0.25) is 5.88 Å². The lowest BCUT2D eigenvalue weighted by Crippen LogP contribution is -2.46. The molecule has 268 valence electrons. The summed E-state index contributed by atoms with van der Waals surface area (Å²) in [5.74, 6) is -0.589. The average molecular weight is 699 g/mol. The summed E-state index contributed by atoms with van der Waals surface area (Å²) < 4.78 is 55.8. The molecule has 0 aliphatic carbocycles. The summed E-state index contributed by atoms with van der Waals surface area (Å²) in [6.45, 7) is 14.1. The molecule has 6 atom stereocenters. The van der Waals surface area contributed by atoms with Crippen molar-refractivity contribution in [3.05, 3.63) is 12.2 Å². The number of esters is 2. The third-order valence-electron chi connectivity index (χ3n) is 7.80. The molecule has 2 aromatic heterocycles. The van der Waals surface area contributed by atoms with E-state index in [-0.39, 0.29) is 43.8 Å². The summed E-state index contributed by atoms with van der Waals surface area (Å²) >= 11 is 0. The topological polar surface area (TPSA) is 201 Å². The van der Waals surface area contributed by atoms with Crippen molar-refractivity contribution in [3.63, 3.8) is 0 Å². The molecule has 0 saturated carbocycles. The highest BCUT2D eigenvalue weighted by Crippen LogP contribution is 2.49. The van der Waals surface area contributed by atoms with Crippen LogP contribution >= 0.6 is 7.67 Å². The van der Waals surface area contributed by atoms with Gasteiger partial charge in [-0.3, -0.25) is 18.7 Å². The van der Waals surface area contributed by atoms with Crippen LogP contribution in [0.15, 0.2) is 6.33 Å². The molecular weight excluding hydrogens is 651 g/mol. The van der Waals surface area contributed by atoms with Crippen LogP contribution in [0, 0.1) is 18.8 Å². The Morgan fingerprint density at radius 3 is 2.15 bits per heavy atom. The number of carbonyl (C=O) groups excluding carboxylic acids is 3. The average Bonchev–Trinajstić information content (AvgIpc) is 3.63. The molecule has 0 radical (unpaired) electrons. The van der Waals surface area contributed by atoms with Crippen LogP contribution < -0.4 is 14.9 Å². The van der Waals surface area contributed by atoms with Gasteiger partial charge in [0.1, 0.15) is 24.0 Å². The maximum Gasteiger partial charge on any atom is 0.509 e. The molecule has 2 aliphatic rings. The van der Waals surface area contributed by atoms with Crippen LogP contribution in [0.3, 0.4) is 0 Å². The Bertz CT molecular complexity index is 1480. The lowest BCUT2D eigenvalue weighted by molar-refractivity contribution is -0.146. The fraction of sp³-hybridized carbons (Fsp3) is 0.733. The summed E-state index contributed by atoms with van der Waals surface area (Å²) in [7, 11) is -2.82. The first-order chi connectivity index (χ1) is 22.6. The van der Waals surface area contributed by atoms with Crippen LogP contribution in [0.25, 0.3) is 11.2 Å². The van der Waals surface area contributed by atoms with E-state index in [9.17, 15) is 18.9 Å². The van der Waals surface area contributed by atoms with Crippen molar-refractivity contribution in [1.29, 1.82) is 0 Å². The van der Waals surface area contributed by atoms with Gasteiger partial charge in [0.15, 0.2) is 29.1 Å². The molecule has 17 nitrogen and oxygen atoms in total. The Morgan fingerprint density at radius 1 is 1.04 bits per heavy atom. The van der Waals surface area contributed by atoms with Crippen molar-refractivity contribution < 1.29 is 51.9 Å². The van der Waals surface area contributed by atoms with Crippen molar-refractivity contribution in [1.82, 2.24) is 29.7 Å². The van der Waals surface area contributed by atoms with Gasteiger partial charge < -0.3 is 32.9 Å². The van der Waals surface area contributed by atoms with E-state index in [2.05, 4.69) is 25.1 Å². The molecule has 0 aromatic carbocycles. The molecule has 2 saturated heterocycles. The van der Waals surface area contributed by atoms with Gasteiger partial charge in [-0.05, 0) is 52.4 Å². The van der Waals surface area contributed by atoms with Gasteiger partial charge in [-0.25, -0.2) is 24.9 Å². The maximum atomic E-state index is 14.7. The molecule has 0 bridgehead atoms. The number of rotatable bonds is 17. The van der Waals surface area contributed by atoms with Crippen LogP contribution in [0.5, 0.6) is 5.88 Å². The normalized spacial score (nSPS) is 24.6. The third kappa shape index (κ3) is 8.25. The molecule has 2 aliphatic heterocycles. The molecule has 2 aromatic rings. The molecule has 18 heteroatoms. The van der Waals surface area contributed by atoms with Gasteiger partial charge in [-0.1, -0.05) is 27.7 Å². The number of fused-ring (bicyclic) bond motifs is 2. The van der Waals surface area contributed by atoms with Gasteiger partial charge in [0, 0.05) is 0 Å². The van der Waals surface area contributed by atoms with Crippen LogP contribution in [0.4, 0.5) is 4.79 Å². The zero-order chi connectivity index (χ0) is 35.4. The van der Waals surface area contributed by atoms with Gasteiger partial charge in [-0.2, -0.15) is 4.98 Å². The second kappa shape index (κ2) is 15.5. The summed E-state index contributed by atoms with van der Waals surface area (Å²) in [4.78, 5) is 51.7. The first-order valence-corrected chi connectivity index (χ1v) is 17.7. The summed E-state index contributed by atoms with van der Waals surface area (Å²) in [6.07, 6.45) is -1.99. The number of hydrogen-bond acceptors (Lipinski definition) is 14. The number of nitrogens with one attached hydrogen (secondary N) is 2. The Hall–Kier alpha value is -3.37. The van der Waals surface area contributed by atoms with E-state index >= 15 is 0 Å². The van der Waals surface area contributed by atoms with E-state index in [0.717, 1.165) is 0 Å². The van der Waals surface area contributed by atoms with Gasteiger partial charge in [0.05, 0.1) is 33.3 Å². The lowest BCUT2D eigenvalue weighted by atomic mass is 9.96. The molecule has 2 N–H and O–H groups in total. The highest BCUT2D eigenvalue weighted by atomic mass is 31.2. The Kier molecular flexibility index (Phi) is 12.1. The largest absolute Gasteiger partial charge is 0.509 e. The fourth-order valence-electron chi connectivity index (χ4n) is 5.80. The second-order valence-corrected chi connectivity index (χ2v) is 14.6. The summed E-state index contributed by atoms with van der Waals surface area (Å²) in [5, 5.41) is 5.66. The van der Waals surface area contributed by atoms with E-state index in [0.29, 0.717) is 17.0 Å². The number of methoxy groups -OCH3 is 1. The van der Waals surface area contributed by atoms with Gasteiger partial charge >= 0.3 is 25.8 Å². The highest BCUT2D eigenvalue weighted by molar-refractivity contribution is 7.54.